The minimum Gasteiger partial charge on any atom is -0.309 e. The van der Waals surface area contributed by atoms with Crippen molar-refractivity contribution in [2.75, 3.05) is 4.90 Å². The minimum atomic E-state index is -0.438. The lowest BCUT2D eigenvalue weighted by Gasteiger charge is -2.21. The maximum atomic E-state index is 13.9. The van der Waals surface area contributed by atoms with E-state index in [1.165, 1.54) is 10.5 Å². The number of rotatable bonds is 3. The Hall–Kier alpha value is -6.45. The van der Waals surface area contributed by atoms with Gasteiger partial charge in [-0.25, -0.2) is 4.90 Å². The summed E-state index contributed by atoms with van der Waals surface area (Å²) < 4.78 is 4.40. The first-order valence-electron chi connectivity index (χ1n) is 15.1. The summed E-state index contributed by atoms with van der Waals surface area (Å²) in [6.07, 6.45) is 0. The summed E-state index contributed by atoms with van der Waals surface area (Å²) in [7, 11) is 0. The molecule has 8 aromatic rings. The number of aryl methyl sites for hydroxylation is 1. The van der Waals surface area contributed by atoms with Gasteiger partial charge in [-0.2, -0.15) is 5.26 Å². The van der Waals surface area contributed by atoms with Crippen LogP contribution in [0.4, 0.5) is 5.69 Å². The van der Waals surface area contributed by atoms with E-state index in [1.807, 2.05) is 36.4 Å². The number of carbonyl (C=O) groups is 2. The lowest BCUT2D eigenvalue weighted by molar-refractivity contribution is 0.0926. The summed E-state index contributed by atoms with van der Waals surface area (Å²) in [6.45, 7) is 2.08. The molecule has 0 N–H and O–H groups in total. The number of fused-ring (bicyclic) bond motifs is 8. The van der Waals surface area contributed by atoms with Gasteiger partial charge in [0.1, 0.15) is 6.07 Å². The molecule has 0 bridgehead atoms. The summed E-state index contributed by atoms with van der Waals surface area (Å²) in [6, 6.07) is 43.8. The number of benzene rings is 6. The molecule has 0 unspecified atom stereocenters. The molecular formula is C40H24N4O2. The molecule has 1 aliphatic rings. The monoisotopic (exact) mass is 592 g/mol. The number of carbonyl (C=O) groups excluding carboxylic acids is 2. The van der Waals surface area contributed by atoms with Crippen LogP contribution in [0.3, 0.4) is 0 Å². The minimum absolute atomic E-state index is 0.243. The predicted octanol–water partition coefficient (Wildman–Crippen LogP) is 8.86. The highest BCUT2D eigenvalue weighted by Gasteiger charge is 2.39. The van der Waals surface area contributed by atoms with Crippen molar-refractivity contribution < 1.29 is 9.59 Å². The van der Waals surface area contributed by atoms with Crippen LogP contribution in [-0.4, -0.2) is 20.9 Å². The highest BCUT2D eigenvalue weighted by molar-refractivity contribution is 6.35. The Morgan fingerprint density at radius 3 is 1.89 bits per heavy atom. The molecule has 0 atom stereocenters. The second-order valence-electron chi connectivity index (χ2n) is 11.7. The van der Waals surface area contributed by atoms with Crippen molar-refractivity contribution in [3.05, 3.63) is 150 Å². The zero-order valence-electron chi connectivity index (χ0n) is 24.7. The molecule has 1 aliphatic heterocycles. The average Bonchev–Trinajstić information content (AvgIpc) is 3.70. The molecule has 0 radical (unpaired) electrons. The molecule has 6 nitrogen and oxygen atoms in total. The van der Waals surface area contributed by atoms with Gasteiger partial charge in [0.25, 0.3) is 11.8 Å². The molecule has 0 aliphatic carbocycles. The van der Waals surface area contributed by atoms with Crippen LogP contribution in [0.2, 0.25) is 0 Å². The van der Waals surface area contributed by atoms with Crippen molar-refractivity contribution in [3.8, 4) is 17.4 Å². The highest BCUT2D eigenvalue weighted by Crippen LogP contribution is 2.44. The van der Waals surface area contributed by atoms with E-state index in [-0.39, 0.29) is 11.3 Å². The normalized spacial score (nSPS) is 12.9. The second-order valence-corrected chi connectivity index (χ2v) is 11.7. The number of nitrogens with zero attached hydrogens (tertiary/aromatic N) is 4. The predicted molar refractivity (Wildman–Crippen MR) is 182 cm³/mol. The van der Waals surface area contributed by atoms with E-state index in [9.17, 15) is 14.9 Å². The number of para-hydroxylation sites is 3. The van der Waals surface area contributed by atoms with Gasteiger partial charge in [0, 0.05) is 27.2 Å². The summed E-state index contributed by atoms with van der Waals surface area (Å²) >= 11 is 0. The van der Waals surface area contributed by atoms with Gasteiger partial charge in [-0.05, 0) is 61.5 Å². The zero-order valence-corrected chi connectivity index (χ0v) is 24.7. The molecule has 46 heavy (non-hydrogen) atoms. The number of hydrogen-bond donors (Lipinski definition) is 0. The van der Waals surface area contributed by atoms with Crippen molar-refractivity contribution in [2.24, 2.45) is 0 Å². The van der Waals surface area contributed by atoms with Gasteiger partial charge in [0.2, 0.25) is 0 Å². The average molecular weight is 593 g/mol. The van der Waals surface area contributed by atoms with E-state index in [0.717, 1.165) is 49.3 Å². The number of nitriles is 1. The lowest BCUT2D eigenvalue weighted by atomic mass is 10.1. The standard InChI is InChI=1S/C40H24N4O2/c1-24-17-19-26(20-18-24)42-33-15-7-5-13-31(33)36-34(42)22-21-28-27-10-4-6-14-32(27)43(38(28)36)35-16-8-9-25(23-41)37(35)44-39(45)29-11-2-3-12-30(29)40(44)46/h2-22H,1H3. The van der Waals surface area contributed by atoms with Crippen molar-refractivity contribution >= 4 is 61.1 Å². The van der Waals surface area contributed by atoms with E-state index in [0.29, 0.717) is 16.8 Å². The van der Waals surface area contributed by atoms with Gasteiger partial charge in [0.15, 0.2) is 0 Å². The topological polar surface area (TPSA) is 71.0 Å². The number of hydrogen-bond acceptors (Lipinski definition) is 3. The fourth-order valence-electron chi connectivity index (χ4n) is 7.16. The lowest BCUT2D eigenvalue weighted by Crippen LogP contribution is -2.31. The molecule has 0 spiro atoms. The molecule has 0 saturated heterocycles. The van der Waals surface area contributed by atoms with Crippen molar-refractivity contribution in [1.82, 2.24) is 9.13 Å². The smallest absolute Gasteiger partial charge is 0.266 e. The number of imide groups is 1. The summed E-state index contributed by atoms with van der Waals surface area (Å²) in [4.78, 5) is 28.9. The Bertz CT molecular complexity index is 2620. The van der Waals surface area contributed by atoms with Gasteiger partial charge in [-0.3, -0.25) is 9.59 Å². The van der Waals surface area contributed by atoms with Crippen molar-refractivity contribution in [3.63, 3.8) is 0 Å². The largest absolute Gasteiger partial charge is 0.309 e. The molecule has 0 fully saturated rings. The Morgan fingerprint density at radius 2 is 1.20 bits per heavy atom. The molecule has 216 valence electrons. The molecule has 6 aromatic carbocycles. The van der Waals surface area contributed by atoms with E-state index in [2.05, 4.69) is 82.8 Å². The summed E-state index contributed by atoms with van der Waals surface area (Å²) in [5, 5.41) is 14.5. The van der Waals surface area contributed by atoms with Gasteiger partial charge in [-0.15, -0.1) is 0 Å². The van der Waals surface area contributed by atoms with Gasteiger partial charge in [0.05, 0.1) is 50.1 Å². The molecule has 9 rings (SSSR count). The van der Waals surface area contributed by atoms with E-state index in [4.69, 9.17) is 0 Å². The first-order chi connectivity index (χ1) is 22.6. The van der Waals surface area contributed by atoms with Crippen LogP contribution in [0.15, 0.2) is 127 Å². The molecule has 6 heteroatoms. The Balaban J connectivity index is 1.45. The molecule has 3 heterocycles. The quantitative estimate of drug-likeness (QED) is 0.192. The van der Waals surface area contributed by atoms with Crippen molar-refractivity contribution in [2.45, 2.75) is 6.92 Å². The van der Waals surface area contributed by atoms with E-state index in [1.54, 1.807) is 30.3 Å². The van der Waals surface area contributed by atoms with Crippen LogP contribution in [0.1, 0.15) is 31.8 Å². The zero-order chi connectivity index (χ0) is 31.1. The van der Waals surface area contributed by atoms with Crippen LogP contribution < -0.4 is 4.90 Å². The third-order valence-corrected chi connectivity index (χ3v) is 9.16. The van der Waals surface area contributed by atoms with Crippen LogP contribution in [0.5, 0.6) is 0 Å². The van der Waals surface area contributed by atoms with Gasteiger partial charge >= 0.3 is 0 Å². The van der Waals surface area contributed by atoms with Crippen molar-refractivity contribution in [1.29, 1.82) is 5.26 Å². The summed E-state index contributed by atoms with van der Waals surface area (Å²) in [5.74, 6) is -0.877. The molecule has 2 aromatic heterocycles. The fraction of sp³-hybridized carbons (Fsp3) is 0.0250. The van der Waals surface area contributed by atoms with Crippen LogP contribution in [-0.2, 0) is 0 Å². The fourth-order valence-corrected chi connectivity index (χ4v) is 7.16. The van der Waals surface area contributed by atoms with E-state index >= 15 is 0 Å². The van der Waals surface area contributed by atoms with Crippen LogP contribution in [0, 0.1) is 18.3 Å². The summed E-state index contributed by atoms with van der Waals surface area (Å²) in [5.41, 5.74) is 7.94. The second kappa shape index (κ2) is 9.52. The third-order valence-electron chi connectivity index (χ3n) is 9.16. The molecule has 0 saturated carbocycles. The van der Waals surface area contributed by atoms with E-state index < -0.39 is 11.8 Å². The first-order valence-corrected chi connectivity index (χ1v) is 15.1. The number of aromatic nitrogens is 2. The maximum absolute atomic E-state index is 13.9. The van der Waals surface area contributed by atoms with Gasteiger partial charge < -0.3 is 9.13 Å². The SMILES string of the molecule is Cc1ccc(-n2c3ccccc3c3c2ccc2c4ccccc4n(-c4cccc(C#N)c4N4C(=O)c5ccccc5C4=O)c23)cc1. The van der Waals surface area contributed by atoms with Gasteiger partial charge in [-0.1, -0.05) is 78.4 Å². The third kappa shape index (κ3) is 3.40. The Kier molecular flexibility index (Phi) is 5.38. The first kappa shape index (κ1) is 26.0. The molecule has 2 amide bonds. The number of anilines is 1. The number of amides is 2. The Morgan fingerprint density at radius 1 is 0.565 bits per heavy atom. The highest BCUT2D eigenvalue weighted by atomic mass is 16.2. The Labute approximate surface area is 263 Å². The van der Waals surface area contributed by atoms with Crippen LogP contribution in [0.25, 0.3) is 55.0 Å². The van der Waals surface area contributed by atoms with Crippen LogP contribution >= 0.6 is 0 Å². The molecular weight excluding hydrogens is 568 g/mol. The maximum Gasteiger partial charge on any atom is 0.266 e.